The quantitative estimate of drug-likeness (QED) is 0.344. The average Bonchev–Trinajstić information content (AvgIpc) is 2.65. The van der Waals surface area contributed by atoms with Crippen molar-refractivity contribution in [3.8, 4) is 23.3 Å². The Morgan fingerprint density at radius 1 is 1.12 bits per heavy atom. The van der Waals surface area contributed by atoms with Crippen LogP contribution in [0.3, 0.4) is 0 Å². The molecule has 25 heavy (non-hydrogen) atoms. The number of non-ortho nitro benzene ring substituents is 1. The SMILES string of the molecule is COc1cc(OC)c(/C=C(/C#N)c2cccc([N+](=O)[O-])c2)c(OC)c1. The monoisotopic (exact) mass is 340 g/mol. The van der Waals surface area contributed by atoms with Gasteiger partial charge >= 0.3 is 0 Å². The Kier molecular flexibility index (Phi) is 5.58. The summed E-state index contributed by atoms with van der Waals surface area (Å²) in [4.78, 5) is 10.4. The van der Waals surface area contributed by atoms with Gasteiger partial charge in [0.15, 0.2) is 0 Å². The lowest BCUT2D eigenvalue weighted by atomic mass is 10.0. The number of ether oxygens (including phenoxy) is 3. The van der Waals surface area contributed by atoms with Gasteiger partial charge in [-0.2, -0.15) is 5.26 Å². The first kappa shape index (κ1) is 17.8. The van der Waals surface area contributed by atoms with E-state index in [1.807, 2.05) is 0 Å². The second-order valence-electron chi connectivity index (χ2n) is 4.92. The summed E-state index contributed by atoms with van der Waals surface area (Å²) in [5, 5.41) is 20.4. The second kappa shape index (κ2) is 7.84. The molecule has 0 atom stereocenters. The van der Waals surface area contributed by atoms with Gasteiger partial charge in [-0.1, -0.05) is 12.1 Å². The van der Waals surface area contributed by atoms with Gasteiger partial charge in [-0.3, -0.25) is 10.1 Å². The number of allylic oxidation sites excluding steroid dienone is 1. The molecule has 0 aliphatic carbocycles. The van der Waals surface area contributed by atoms with Crippen LogP contribution in [-0.2, 0) is 0 Å². The molecule has 0 unspecified atom stereocenters. The van der Waals surface area contributed by atoms with Crippen LogP contribution in [0.4, 0.5) is 5.69 Å². The van der Waals surface area contributed by atoms with Gasteiger partial charge in [-0.25, -0.2) is 0 Å². The van der Waals surface area contributed by atoms with Crippen LogP contribution >= 0.6 is 0 Å². The number of rotatable bonds is 6. The minimum absolute atomic E-state index is 0.0905. The normalized spacial score (nSPS) is 10.7. The lowest BCUT2D eigenvalue weighted by Crippen LogP contribution is -1.96. The Hall–Kier alpha value is -3.53. The summed E-state index contributed by atoms with van der Waals surface area (Å²) in [6.45, 7) is 0. The van der Waals surface area contributed by atoms with Gasteiger partial charge in [-0.15, -0.1) is 0 Å². The minimum Gasteiger partial charge on any atom is -0.496 e. The van der Waals surface area contributed by atoms with E-state index in [1.165, 1.54) is 39.5 Å². The topological polar surface area (TPSA) is 94.6 Å². The third kappa shape index (κ3) is 3.87. The molecule has 0 fully saturated rings. The maximum atomic E-state index is 10.9. The highest BCUT2D eigenvalue weighted by Crippen LogP contribution is 2.37. The smallest absolute Gasteiger partial charge is 0.270 e. The van der Waals surface area contributed by atoms with E-state index in [4.69, 9.17) is 14.2 Å². The summed E-state index contributed by atoms with van der Waals surface area (Å²) < 4.78 is 15.9. The summed E-state index contributed by atoms with van der Waals surface area (Å²) in [6, 6.07) is 11.3. The fraction of sp³-hybridized carbons (Fsp3) is 0.167. The van der Waals surface area contributed by atoms with Crippen LogP contribution in [0, 0.1) is 21.4 Å². The summed E-state index contributed by atoms with van der Waals surface area (Å²) in [5.41, 5.74) is 1.11. The Morgan fingerprint density at radius 2 is 1.76 bits per heavy atom. The Labute approximate surface area is 144 Å². The van der Waals surface area contributed by atoms with E-state index in [-0.39, 0.29) is 11.3 Å². The van der Waals surface area contributed by atoms with Gasteiger partial charge in [0.1, 0.15) is 17.2 Å². The zero-order valence-electron chi connectivity index (χ0n) is 14.0. The first-order valence-corrected chi connectivity index (χ1v) is 7.20. The van der Waals surface area contributed by atoms with Crippen LogP contribution in [0.2, 0.25) is 0 Å². The van der Waals surface area contributed by atoms with Crippen LogP contribution in [-0.4, -0.2) is 26.3 Å². The van der Waals surface area contributed by atoms with E-state index in [9.17, 15) is 15.4 Å². The molecule has 0 aliphatic rings. The fourth-order valence-corrected chi connectivity index (χ4v) is 2.29. The molecule has 0 bridgehead atoms. The Balaban J connectivity index is 2.62. The number of nitriles is 1. The van der Waals surface area contributed by atoms with Crippen LogP contribution in [0.15, 0.2) is 36.4 Å². The molecule has 7 heteroatoms. The average molecular weight is 340 g/mol. The lowest BCUT2D eigenvalue weighted by molar-refractivity contribution is -0.384. The molecule has 2 aromatic rings. The van der Waals surface area contributed by atoms with Crippen molar-refractivity contribution < 1.29 is 19.1 Å². The number of methoxy groups -OCH3 is 3. The molecule has 2 aromatic carbocycles. The summed E-state index contributed by atoms with van der Waals surface area (Å²) in [6.07, 6.45) is 1.57. The third-order valence-corrected chi connectivity index (χ3v) is 3.53. The molecule has 0 aliphatic heterocycles. The highest BCUT2D eigenvalue weighted by atomic mass is 16.6. The Morgan fingerprint density at radius 3 is 2.24 bits per heavy atom. The summed E-state index contributed by atoms with van der Waals surface area (Å²) >= 11 is 0. The maximum absolute atomic E-state index is 10.9. The van der Waals surface area contributed by atoms with E-state index in [1.54, 1.807) is 24.3 Å². The number of benzene rings is 2. The minimum atomic E-state index is -0.507. The zero-order chi connectivity index (χ0) is 18.4. The summed E-state index contributed by atoms with van der Waals surface area (Å²) in [5.74, 6) is 1.45. The summed E-state index contributed by atoms with van der Waals surface area (Å²) in [7, 11) is 4.50. The third-order valence-electron chi connectivity index (χ3n) is 3.53. The van der Waals surface area contributed by atoms with E-state index in [0.717, 1.165) is 0 Å². The maximum Gasteiger partial charge on any atom is 0.270 e. The first-order chi connectivity index (χ1) is 12.0. The fourth-order valence-electron chi connectivity index (χ4n) is 2.29. The first-order valence-electron chi connectivity index (χ1n) is 7.20. The molecular weight excluding hydrogens is 324 g/mol. The molecule has 0 aromatic heterocycles. The van der Waals surface area contributed by atoms with Crippen molar-refractivity contribution in [2.24, 2.45) is 0 Å². The molecule has 128 valence electrons. The molecule has 7 nitrogen and oxygen atoms in total. The number of nitro groups is 1. The highest BCUT2D eigenvalue weighted by molar-refractivity contribution is 5.92. The second-order valence-corrected chi connectivity index (χ2v) is 4.92. The van der Waals surface area contributed by atoms with Crippen LogP contribution in [0.25, 0.3) is 11.6 Å². The van der Waals surface area contributed by atoms with E-state index < -0.39 is 4.92 Å². The molecule has 2 rings (SSSR count). The molecule has 0 saturated heterocycles. The van der Waals surface area contributed by atoms with Crippen LogP contribution < -0.4 is 14.2 Å². The Bertz CT molecular complexity index is 843. The molecule has 0 saturated carbocycles. The van der Waals surface area contributed by atoms with E-state index in [0.29, 0.717) is 28.4 Å². The standard InChI is InChI=1S/C18H16N2O5/c1-23-15-9-17(24-2)16(18(10-15)25-3)8-13(11-19)12-5-4-6-14(7-12)20(21)22/h4-10H,1-3H3/b13-8-. The van der Waals surface area contributed by atoms with Crippen LogP contribution in [0.5, 0.6) is 17.2 Å². The van der Waals surface area contributed by atoms with Crippen molar-refractivity contribution in [3.05, 3.63) is 57.6 Å². The number of nitro benzene ring substituents is 1. The van der Waals surface area contributed by atoms with Crippen LogP contribution in [0.1, 0.15) is 11.1 Å². The number of hydrogen-bond acceptors (Lipinski definition) is 6. The predicted octanol–water partition coefficient (Wildman–Crippen LogP) is 3.68. The van der Waals surface area contributed by atoms with Crippen molar-refractivity contribution in [2.75, 3.05) is 21.3 Å². The van der Waals surface area contributed by atoms with E-state index >= 15 is 0 Å². The van der Waals surface area contributed by atoms with Crippen molar-refractivity contribution >= 4 is 17.3 Å². The number of hydrogen-bond donors (Lipinski definition) is 0. The van der Waals surface area contributed by atoms with Gasteiger partial charge in [0.2, 0.25) is 0 Å². The van der Waals surface area contributed by atoms with Crippen molar-refractivity contribution in [2.45, 2.75) is 0 Å². The van der Waals surface area contributed by atoms with Gasteiger partial charge in [0, 0.05) is 24.3 Å². The predicted molar refractivity (Wildman–Crippen MR) is 92.7 cm³/mol. The zero-order valence-corrected chi connectivity index (χ0v) is 14.0. The molecule has 0 heterocycles. The molecule has 0 radical (unpaired) electrons. The van der Waals surface area contributed by atoms with Crippen molar-refractivity contribution in [1.82, 2.24) is 0 Å². The van der Waals surface area contributed by atoms with Gasteiger partial charge in [-0.05, 0) is 11.6 Å². The molecule has 0 amide bonds. The molecular formula is C18H16N2O5. The van der Waals surface area contributed by atoms with Crippen molar-refractivity contribution in [3.63, 3.8) is 0 Å². The van der Waals surface area contributed by atoms with Gasteiger partial charge < -0.3 is 14.2 Å². The van der Waals surface area contributed by atoms with Gasteiger partial charge in [0.25, 0.3) is 5.69 Å². The van der Waals surface area contributed by atoms with Gasteiger partial charge in [0.05, 0.1) is 43.5 Å². The largest absolute Gasteiger partial charge is 0.496 e. The highest BCUT2D eigenvalue weighted by Gasteiger charge is 2.14. The van der Waals surface area contributed by atoms with Crippen molar-refractivity contribution in [1.29, 1.82) is 5.26 Å². The van der Waals surface area contributed by atoms with E-state index in [2.05, 4.69) is 6.07 Å². The lowest BCUT2D eigenvalue weighted by Gasteiger charge is -2.13. The molecule has 0 N–H and O–H groups in total. The molecule has 0 spiro atoms. The number of nitrogens with zero attached hydrogens (tertiary/aromatic N) is 2.